The number of carbonyl (C=O) groups excluding carboxylic acids is 2. The summed E-state index contributed by atoms with van der Waals surface area (Å²) in [5.74, 6) is -1.93. The van der Waals surface area contributed by atoms with Gasteiger partial charge >= 0.3 is 11.9 Å². The van der Waals surface area contributed by atoms with Crippen LogP contribution in [0.2, 0.25) is 0 Å². The van der Waals surface area contributed by atoms with Gasteiger partial charge in [0, 0.05) is 0 Å². The van der Waals surface area contributed by atoms with Crippen molar-refractivity contribution in [1.82, 2.24) is 0 Å². The fourth-order valence-corrected chi connectivity index (χ4v) is 1.35. The normalized spacial score (nSPS) is 16.4. The molecule has 4 nitrogen and oxygen atoms in total. The zero-order valence-electron chi connectivity index (χ0n) is 17.9. The van der Waals surface area contributed by atoms with E-state index in [1.54, 1.807) is 13.8 Å². The minimum Gasteiger partial charge on any atom is -0.459 e. The summed E-state index contributed by atoms with van der Waals surface area (Å²) in [6.07, 6.45) is -0.973. The molecule has 122 valence electrons. The largest absolute Gasteiger partial charge is 0.459 e. The predicted octanol–water partition coefficient (Wildman–Crippen LogP) is 4.09. The lowest BCUT2D eigenvalue weighted by Crippen LogP contribution is -2.24. The highest BCUT2D eigenvalue weighted by Gasteiger charge is 2.23. The summed E-state index contributed by atoms with van der Waals surface area (Å²) >= 11 is 0. The van der Waals surface area contributed by atoms with E-state index in [1.807, 2.05) is 27.7 Å². The van der Waals surface area contributed by atoms with E-state index < -0.39 is 59.4 Å². The van der Waals surface area contributed by atoms with Crippen molar-refractivity contribution in [1.29, 1.82) is 0 Å². The molecule has 0 amide bonds. The van der Waals surface area contributed by atoms with Gasteiger partial charge in [-0.1, -0.05) is 39.8 Å². The maximum atomic E-state index is 12.6. The van der Waals surface area contributed by atoms with Gasteiger partial charge in [0.2, 0.25) is 0 Å². The minimum atomic E-state index is -0.970. The summed E-state index contributed by atoms with van der Waals surface area (Å²) in [5, 5.41) is 0. The molecule has 0 aliphatic rings. The van der Waals surface area contributed by atoms with Crippen molar-refractivity contribution in [3.8, 4) is 0 Å². The lowest BCUT2D eigenvalue weighted by Gasteiger charge is -2.19. The first-order chi connectivity index (χ1) is 11.9. The molecule has 22 heavy (non-hydrogen) atoms. The minimum absolute atomic E-state index is 0.00545. The van der Waals surface area contributed by atoms with Crippen LogP contribution < -0.4 is 0 Å². The Labute approximate surface area is 138 Å². The Balaban J connectivity index is 3.48. The second-order valence-electron chi connectivity index (χ2n) is 5.96. The maximum absolute atomic E-state index is 12.6. The number of rotatable bonds is 6. The third-order valence-corrected chi connectivity index (χ3v) is 3.56. The summed E-state index contributed by atoms with van der Waals surface area (Å²) in [4.78, 5) is 25.1. The molecule has 0 aliphatic carbocycles. The second-order valence-corrected chi connectivity index (χ2v) is 5.96. The quantitative estimate of drug-likeness (QED) is 0.743. The van der Waals surface area contributed by atoms with Gasteiger partial charge < -0.3 is 9.47 Å². The Kier molecular flexibility index (Phi) is 4.59. The molecule has 2 atom stereocenters. The van der Waals surface area contributed by atoms with Gasteiger partial charge in [0.05, 0.1) is 16.6 Å². The predicted molar refractivity (Wildman–Crippen MR) is 85.9 cm³/mol. The van der Waals surface area contributed by atoms with E-state index in [9.17, 15) is 9.59 Å². The van der Waals surface area contributed by atoms with E-state index in [1.165, 1.54) is 0 Å². The van der Waals surface area contributed by atoms with Crippen LogP contribution in [0.3, 0.4) is 0 Å². The zero-order chi connectivity index (χ0) is 20.3. The first-order valence-corrected chi connectivity index (χ1v) is 7.42. The number of benzene rings is 1. The molecule has 0 aliphatic heterocycles. The monoisotopic (exact) mass is 310 g/mol. The van der Waals surface area contributed by atoms with Crippen LogP contribution in [-0.2, 0) is 9.47 Å². The molecular weight excluding hydrogens is 280 g/mol. The van der Waals surface area contributed by atoms with Crippen molar-refractivity contribution in [2.45, 2.75) is 53.8 Å². The van der Waals surface area contributed by atoms with Gasteiger partial charge in [0.1, 0.15) is 12.2 Å². The number of carbonyl (C=O) groups is 2. The van der Waals surface area contributed by atoms with Gasteiger partial charge in [-0.3, -0.25) is 0 Å². The van der Waals surface area contributed by atoms with Crippen molar-refractivity contribution in [2.24, 2.45) is 11.8 Å². The lowest BCUT2D eigenvalue weighted by atomic mass is 10.1. The van der Waals surface area contributed by atoms with Crippen LogP contribution in [-0.4, -0.2) is 24.1 Å². The summed E-state index contributed by atoms with van der Waals surface area (Å²) in [6.45, 7) is 10.7. The smallest absolute Gasteiger partial charge is 0.339 e. The van der Waals surface area contributed by atoms with Gasteiger partial charge in [0.25, 0.3) is 0 Å². The van der Waals surface area contributed by atoms with Crippen molar-refractivity contribution >= 4 is 11.9 Å². The number of hydrogen-bond donors (Lipinski definition) is 0. The molecule has 1 aromatic rings. The van der Waals surface area contributed by atoms with E-state index >= 15 is 0 Å². The SMILES string of the molecule is [2H]c1c([2H])c([2H])c(C(=O)OC(C)C(C)C)c(C(=O)OC(C)C(C)C)c1[2H]. The third kappa shape index (κ3) is 4.86. The average molecular weight is 310 g/mol. The molecule has 4 heteroatoms. The van der Waals surface area contributed by atoms with Crippen molar-refractivity contribution in [3.05, 3.63) is 35.3 Å². The molecule has 0 saturated carbocycles. The molecule has 0 aromatic heterocycles. The number of ether oxygens (including phenoxy) is 2. The highest BCUT2D eigenvalue weighted by Crippen LogP contribution is 2.17. The molecule has 0 bridgehead atoms. The van der Waals surface area contributed by atoms with Crippen molar-refractivity contribution in [2.75, 3.05) is 0 Å². The first kappa shape index (κ1) is 12.7. The summed E-state index contributed by atoms with van der Waals surface area (Å²) in [6, 6.07) is -2.44. The standard InChI is InChI=1S/C18H26O4/c1-11(2)13(5)21-17(19)15-9-7-8-10-16(15)18(20)22-14(6)12(3)4/h7-14H,1-6H3/i7D,8D,9D,10D. The molecule has 0 N–H and O–H groups in total. The van der Waals surface area contributed by atoms with Gasteiger partial charge in [0.15, 0.2) is 0 Å². The van der Waals surface area contributed by atoms with Crippen molar-refractivity contribution in [3.63, 3.8) is 0 Å². The molecule has 0 saturated heterocycles. The molecule has 0 heterocycles. The van der Waals surface area contributed by atoms with Crippen LogP contribution in [0.4, 0.5) is 0 Å². The van der Waals surface area contributed by atoms with Crippen LogP contribution in [0.25, 0.3) is 0 Å². The molecule has 1 aromatic carbocycles. The van der Waals surface area contributed by atoms with Gasteiger partial charge in [-0.05, 0) is 37.8 Å². The highest BCUT2D eigenvalue weighted by atomic mass is 16.5. The lowest BCUT2D eigenvalue weighted by molar-refractivity contribution is 0.0191. The van der Waals surface area contributed by atoms with E-state index in [2.05, 4.69) is 0 Å². The van der Waals surface area contributed by atoms with Crippen LogP contribution in [0.1, 0.15) is 67.7 Å². The van der Waals surface area contributed by atoms with Crippen molar-refractivity contribution < 1.29 is 24.5 Å². The van der Waals surface area contributed by atoms with Crippen LogP contribution in [0.15, 0.2) is 24.2 Å². The van der Waals surface area contributed by atoms with Crippen LogP contribution >= 0.6 is 0 Å². The molecule has 0 radical (unpaired) electrons. The van der Waals surface area contributed by atoms with E-state index in [0.29, 0.717) is 0 Å². The van der Waals surface area contributed by atoms with E-state index in [4.69, 9.17) is 15.0 Å². The molecule has 0 fully saturated rings. The number of hydrogen-bond acceptors (Lipinski definition) is 4. The fourth-order valence-electron chi connectivity index (χ4n) is 1.35. The zero-order valence-corrected chi connectivity index (χ0v) is 13.9. The Morgan fingerprint density at radius 1 is 0.818 bits per heavy atom. The Bertz CT molecular complexity index is 642. The Hall–Kier alpha value is -1.84. The van der Waals surface area contributed by atoms with Gasteiger partial charge in [-0.2, -0.15) is 0 Å². The highest BCUT2D eigenvalue weighted by molar-refractivity contribution is 6.03. The summed E-state index contributed by atoms with van der Waals surface area (Å²) in [7, 11) is 0. The van der Waals surface area contributed by atoms with Crippen LogP contribution in [0, 0.1) is 11.8 Å². The molecule has 2 unspecified atom stereocenters. The Morgan fingerprint density at radius 3 is 1.41 bits per heavy atom. The second kappa shape index (κ2) is 7.97. The maximum Gasteiger partial charge on any atom is 0.339 e. The average Bonchev–Trinajstić information content (AvgIpc) is 2.55. The summed E-state index contributed by atoms with van der Waals surface area (Å²) < 4.78 is 42.1. The van der Waals surface area contributed by atoms with Crippen LogP contribution in [0.5, 0.6) is 0 Å². The Morgan fingerprint density at radius 2 is 1.14 bits per heavy atom. The van der Waals surface area contributed by atoms with Gasteiger partial charge in [-0.15, -0.1) is 0 Å². The molecule has 1 rings (SSSR count). The number of esters is 2. The first-order valence-electron chi connectivity index (χ1n) is 9.42. The third-order valence-electron chi connectivity index (χ3n) is 3.56. The topological polar surface area (TPSA) is 52.6 Å². The molecule has 0 spiro atoms. The van der Waals surface area contributed by atoms with E-state index in [-0.39, 0.29) is 11.8 Å². The summed E-state index contributed by atoms with van der Waals surface area (Å²) in [5.41, 5.74) is -0.992. The fraction of sp³-hybridized carbons (Fsp3) is 0.556. The van der Waals surface area contributed by atoms with E-state index in [0.717, 1.165) is 0 Å². The molecular formula is C18H26O4. The van der Waals surface area contributed by atoms with Gasteiger partial charge in [-0.25, -0.2) is 9.59 Å².